The van der Waals surface area contributed by atoms with Crippen LogP contribution in [0.15, 0.2) is 48.6 Å². The first-order valence-corrected chi connectivity index (χ1v) is 29.6. The van der Waals surface area contributed by atoms with Crippen LogP contribution in [0.3, 0.4) is 0 Å². The molecule has 0 aromatic carbocycles. The van der Waals surface area contributed by atoms with Crippen LogP contribution >= 0.6 is 0 Å². The Balaban J connectivity index is 4.31. The molecule has 6 nitrogen and oxygen atoms in total. The van der Waals surface area contributed by atoms with Crippen molar-refractivity contribution < 1.29 is 28.6 Å². The standard InChI is InChI=1S/C62H112O6/c1-4-7-10-13-16-19-22-24-26-28-30-32-33-35-37-40-43-46-49-52-55-61(64)67-58-59(57-66-60(63)54-51-48-45-42-39-21-18-15-12-9-6-3)68-62(65)56-53-50-47-44-41-38-36-34-31-29-27-25-23-20-17-14-11-8-5-2/h15,17-18,20,25,27,31,34,59H,4-14,16,19,21-24,26,28-30,32-33,35-58H2,1-3H3/b18-15-,20-17-,27-25-,34-31-. The van der Waals surface area contributed by atoms with Crippen molar-refractivity contribution in [2.75, 3.05) is 13.2 Å². The Hall–Kier alpha value is -2.63. The molecule has 0 aromatic rings. The quantitative estimate of drug-likeness (QED) is 0.0262. The highest BCUT2D eigenvalue weighted by Crippen LogP contribution is 2.17. The number of carbonyl (C=O) groups excluding carboxylic acids is 3. The lowest BCUT2D eigenvalue weighted by Gasteiger charge is -2.18. The Bertz CT molecular complexity index is 1190. The summed E-state index contributed by atoms with van der Waals surface area (Å²) < 4.78 is 16.9. The molecule has 68 heavy (non-hydrogen) atoms. The molecule has 0 N–H and O–H groups in total. The zero-order valence-corrected chi connectivity index (χ0v) is 45.4. The molecular formula is C62H112O6. The van der Waals surface area contributed by atoms with Crippen LogP contribution < -0.4 is 0 Å². The minimum atomic E-state index is -0.781. The summed E-state index contributed by atoms with van der Waals surface area (Å²) >= 11 is 0. The van der Waals surface area contributed by atoms with Crippen LogP contribution in [0.5, 0.6) is 0 Å². The summed E-state index contributed by atoms with van der Waals surface area (Å²) in [7, 11) is 0. The SMILES string of the molecule is CCCC/C=C\CCCCCCCC(=O)OCC(COC(=O)CCCCCCCCCCCCCCCCCCCCCC)OC(=O)CCCCCCCC/C=C\C/C=C\C/C=C\CCCCC. The molecule has 6 heteroatoms. The van der Waals surface area contributed by atoms with Crippen molar-refractivity contribution in [3.05, 3.63) is 48.6 Å². The van der Waals surface area contributed by atoms with E-state index in [9.17, 15) is 14.4 Å². The molecule has 0 amide bonds. The molecule has 0 spiro atoms. The van der Waals surface area contributed by atoms with Crippen LogP contribution in [-0.2, 0) is 28.6 Å². The molecular weight excluding hydrogens is 841 g/mol. The average molecular weight is 954 g/mol. The Morgan fingerprint density at radius 3 is 0.912 bits per heavy atom. The van der Waals surface area contributed by atoms with Gasteiger partial charge in [0.1, 0.15) is 13.2 Å². The maximum absolute atomic E-state index is 12.9. The van der Waals surface area contributed by atoms with Gasteiger partial charge in [-0.2, -0.15) is 0 Å². The number of hydrogen-bond donors (Lipinski definition) is 0. The second-order valence-electron chi connectivity index (χ2n) is 19.9. The fourth-order valence-corrected chi connectivity index (χ4v) is 8.55. The largest absolute Gasteiger partial charge is 0.462 e. The molecule has 0 rings (SSSR count). The zero-order chi connectivity index (χ0) is 49.3. The van der Waals surface area contributed by atoms with Gasteiger partial charge in [0.05, 0.1) is 0 Å². The van der Waals surface area contributed by atoms with E-state index in [1.54, 1.807) is 0 Å². The zero-order valence-electron chi connectivity index (χ0n) is 45.4. The van der Waals surface area contributed by atoms with Crippen molar-refractivity contribution in [2.24, 2.45) is 0 Å². The van der Waals surface area contributed by atoms with E-state index in [0.717, 1.165) is 89.9 Å². The van der Waals surface area contributed by atoms with Gasteiger partial charge >= 0.3 is 17.9 Å². The van der Waals surface area contributed by atoms with Gasteiger partial charge in [-0.25, -0.2) is 0 Å². The number of carbonyl (C=O) groups is 3. The van der Waals surface area contributed by atoms with Crippen LogP contribution in [0.25, 0.3) is 0 Å². The van der Waals surface area contributed by atoms with Crippen molar-refractivity contribution in [3.8, 4) is 0 Å². The van der Waals surface area contributed by atoms with Crippen LogP contribution in [0.1, 0.15) is 310 Å². The van der Waals surface area contributed by atoms with Gasteiger partial charge in [-0.3, -0.25) is 14.4 Å². The molecule has 0 aromatic heterocycles. The number of rotatable bonds is 54. The van der Waals surface area contributed by atoms with E-state index in [1.807, 2.05) is 0 Å². The highest BCUT2D eigenvalue weighted by molar-refractivity contribution is 5.71. The summed E-state index contributed by atoms with van der Waals surface area (Å²) in [5.74, 6) is -0.886. The van der Waals surface area contributed by atoms with E-state index in [2.05, 4.69) is 69.4 Å². The highest BCUT2D eigenvalue weighted by atomic mass is 16.6. The van der Waals surface area contributed by atoms with E-state index in [4.69, 9.17) is 14.2 Å². The van der Waals surface area contributed by atoms with Crippen molar-refractivity contribution in [1.29, 1.82) is 0 Å². The number of unbranched alkanes of at least 4 members (excludes halogenated alkanes) is 35. The molecule has 0 radical (unpaired) electrons. The summed E-state index contributed by atoms with van der Waals surface area (Å²) in [6.07, 6.45) is 69.6. The molecule has 0 saturated heterocycles. The van der Waals surface area contributed by atoms with E-state index in [1.165, 1.54) is 180 Å². The smallest absolute Gasteiger partial charge is 0.306 e. The maximum atomic E-state index is 12.9. The van der Waals surface area contributed by atoms with Crippen LogP contribution in [-0.4, -0.2) is 37.2 Å². The molecule has 0 heterocycles. The summed E-state index contributed by atoms with van der Waals surface area (Å²) in [6, 6.07) is 0. The first-order chi connectivity index (χ1) is 33.5. The van der Waals surface area contributed by atoms with Crippen LogP contribution in [0.2, 0.25) is 0 Å². The van der Waals surface area contributed by atoms with E-state index in [0.29, 0.717) is 19.3 Å². The number of esters is 3. The van der Waals surface area contributed by atoms with Crippen molar-refractivity contribution in [3.63, 3.8) is 0 Å². The van der Waals surface area contributed by atoms with Crippen LogP contribution in [0.4, 0.5) is 0 Å². The van der Waals surface area contributed by atoms with Crippen molar-refractivity contribution in [2.45, 2.75) is 316 Å². The third-order valence-electron chi connectivity index (χ3n) is 13.1. The summed E-state index contributed by atoms with van der Waals surface area (Å²) in [5, 5.41) is 0. The third-order valence-corrected chi connectivity index (χ3v) is 13.1. The molecule has 0 bridgehead atoms. The third kappa shape index (κ3) is 54.3. The summed E-state index contributed by atoms with van der Waals surface area (Å²) in [4.78, 5) is 38.1. The second kappa shape index (κ2) is 57.0. The Morgan fingerprint density at radius 1 is 0.294 bits per heavy atom. The highest BCUT2D eigenvalue weighted by Gasteiger charge is 2.19. The van der Waals surface area contributed by atoms with Crippen molar-refractivity contribution >= 4 is 17.9 Å². The lowest BCUT2D eigenvalue weighted by molar-refractivity contribution is -0.167. The molecule has 0 aliphatic heterocycles. The predicted octanol–water partition coefficient (Wildman–Crippen LogP) is 19.8. The van der Waals surface area contributed by atoms with E-state index >= 15 is 0 Å². The molecule has 1 atom stereocenters. The van der Waals surface area contributed by atoms with E-state index < -0.39 is 6.10 Å². The lowest BCUT2D eigenvalue weighted by Crippen LogP contribution is -2.30. The fourth-order valence-electron chi connectivity index (χ4n) is 8.55. The van der Waals surface area contributed by atoms with Gasteiger partial charge in [-0.1, -0.05) is 262 Å². The molecule has 0 fully saturated rings. The lowest BCUT2D eigenvalue weighted by atomic mass is 10.0. The predicted molar refractivity (Wildman–Crippen MR) is 293 cm³/mol. The van der Waals surface area contributed by atoms with Gasteiger partial charge in [-0.05, 0) is 77.0 Å². The van der Waals surface area contributed by atoms with Crippen LogP contribution in [0, 0.1) is 0 Å². The average Bonchev–Trinajstić information content (AvgIpc) is 3.34. The minimum Gasteiger partial charge on any atom is -0.462 e. The topological polar surface area (TPSA) is 78.9 Å². The van der Waals surface area contributed by atoms with Gasteiger partial charge in [0.25, 0.3) is 0 Å². The monoisotopic (exact) mass is 953 g/mol. The number of hydrogen-bond acceptors (Lipinski definition) is 6. The van der Waals surface area contributed by atoms with E-state index in [-0.39, 0.29) is 31.1 Å². The normalized spacial score (nSPS) is 12.3. The van der Waals surface area contributed by atoms with Gasteiger partial charge < -0.3 is 14.2 Å². The van der Waals surface area contributed by atoms with Crippen molar-refractivity contribution in [1.82, 2.24) is 0 Å². The maximum Gasteiger partial charge on any atom is 0.306 e. The molecule has 0 aliphatic carbocycles. The second-order valence-corrected chi connectivity index (χ2v) is 19.9. The first kappa shape index (κ1) is 65.4. The number of ether oxygens (including phenoxy) is 3. The first-order valence-electron chi connectivity index (χ1n) is 29.6. The molecule has 0 aliphatic rings. The van der Waals surface area contributed by atoms with Gasteiger partial charge in [0.15, 0.2) is 6.10 Å². The molecule has 396 valence electrons. The summed E-state index contributed by atoms with van der Waals surface area (Å²) in [6.45, 7) is 6.59. The minimum absolute atomic E-state index is 0.0782. The fraction of sp³-hybridized carbons (Fsp3) is 0.823. The molecule has 0 saturated carbocycles. The van der Waals surface area contributed by atoms with Gasteiger partial charge in [0, 0.05) is 19.3 Å². The summed E-state index contributed by atoms with van der Waals surface area (Å²) in [5.41, 5.74) is 0. The Kier molecular flexibility index (Phi) is 54.8. The number of allylic oxidation sites excluding steroid dienone is 8. The Labute approximate surface area is 422 Å². The van der Waals surface area contributed by atoms with Gasteiger partial charge in [0.2, 0.25) is 0 Å². The molecule has 1 unspecified atom stereocenters. The Morgan fingerprint density at radius 2 is 0.544 bits per heavy atom. The van der Waals surface area contributed by atoms with Gasteiger partial charge in [-0.15, -0.1) is 0 Å².